The summed E-state index contributed by atoms with van der Waals surface area (Å²) in [5.74, 6) is 1.96. The molecule has 3 atom stereocenters. The molecule has 2 amide bonds. The van der Waals surface area contributed by atoms with Gasteiger partial charge in [0.2, 0.25) is 11.8 Å². The number of hydrogen-bond donors (Lipinski definition) is 2. The van der Waals surface area contributed by atoms with E-state index in [-0.39, 0.29) is 17.9 Å². The second-order valence-corrected chi connectivity index (χ2v) is 10.1. The third-order valence-electron chi connectivity index (χ3n) is 4.67. The largest absolute Gasteiger partial charge is 0.355 e. The fourth-order valence-electron chi connectivity index (χ4n) is 2.92. The summed E-state index contributed by atoms with van der Waals surface area (Å²) in [6.07, 6.45) is 4.44. The zero-order valence-electron chi connectivity index (χ0n) is 15.6. The van der Waals surface area contributed by atoms with Gasteiger partial charge in [-0.15, -0.1) is 10.2 Å². The van der Waals surface area contributed by atoms with Gasteiger partial charge in [-0.05, 0) is 24.7 Å². The predicted molar refractivity (Wildman–Crippen MR) is 109 cm³/mol. The molecule has 1 aromatic heterocycles. The van der Waals surface area contributed by atoms with Crippen molar-refractivity contribution in [3.8, 4) is 0 Å². The van der Waals surface area contributed by atoms with E-state index >= 15 is 0 Å². The molecule has 0 saturated heterocycles. The lowest BCUT2D eigenvalue weighted by molar-refractivity contribution is -0.120. The molecule has 0 spiro atoms. The molecule has 0 aliphatic heterocycles. The average molecular weight is 417 g/mol. The predicted octanol–water partition coefficient (Wildman–Crippen LogP) is 3.19. The Bertz CT molecular complexity index is 596. The third kappa shape index (κ3) is 7.08. The fraction of sp³-hybridized carbons (Fsp3) is 0.765. The summed E-state index contributed by atoms with van der Waals surface area (Å²) in [5, 5.41) is 14.2. The molecule has 0 bridgehead atoms. The highest BCUT2D eigenvalue weighted by Gasteiger charge is 2.28. The first kappa shape index (κ1) is 21.5. The Kier molecular flexibility index (Phi) is 9.21. The van der Waals surface area contributed by atoms with Crippen molar-refractivity contribution in [2.24, 2.45) is 11.8 Å². The maximum absolute atomic E-state index is 12.2. The van der Waals surface area contributed by atoms with E-state index in [0.29, 0.717) is 29.9 Å². The summed E-state index contributed by atoms with van der Waals surface area (Å²) in [5.41, 5.74) is 0. The second-order valence-electron chi connectivity index (χ2n) is 6.70. The SMILES string of the molecule is CCCNC(=O)CSc1nnc(SCC(=O)N[C@@H]2CCC[C@@H](C)[C@@H]2C)s1. The van der Waals surface area contributed by atoms with E-state index in [1.54, 1.807) is 0 Å². The highest BCUT2D eigenvalue weighted by molar-refractivity contribution is 8.03. The minimum absolute atomic E-state index is 0.0106. The molecule has 1 heterocycles. The lowest BCUT2D eigenvalue weighted by atomic mass is 9.78. The molecular weight excluding hydrogens is 388 g/mol. The first-order chi connectivity index (χ1) is 12.5. The lowest BCUT2D eigenvalue weighted by Crippen LogP contribution is -2.44. The van der Waals surface area contributed by atoms with Crippen molar-refractivity contribution in [2.45, 2.75) is 61.2 Å². The van der Waals surface area contributed by atoms with Gasteiger partial charge in [0.25, 0.3) is 0 Å². The molecule has 6 nitrogen and oxygen atoms in total. The van der Waals surface area contributed by atoms with Crippen molar-refractivity contribution < 1.29 is 9.59 Å². The molecule has 0 aromatic carbocycles. The number of carbonyl (C=O) groups is 2. The number of aromatic nitrogens is 2. The van der Waals surface area contributed by atoms with Gasteiger partial charge in [-0.2, -0.15) is 0 Å². The van der Waals surface area contributed by atoms with Crippen LogP contribution in [-0.2, 0) is 9.59 Å². The molecule has 26 heavy (non-hydrogen) atoms. The highest BCUT2D eigenvalue weighted by Crippen LogP contribution is 2.30. The average Bonchev–Trinajstić information content (AvgIpc) is 3.08. The zero-order valence-corrected chi connectivity index (χ0v) is 18.1. The van der Waals surface area contributed by atoms with Crippen LogP contribution in [0.15, 0.2) is 8.68 Å². The molecule has 146 valence electrons. The van der Waals surface area contributed by atoms with E-state index in [0.717, 1.165) is 21.5 Å². The Morgan fingerprint density at radius 1 is 1.12 bits per heavy atom. The Morgan fingerprint density at radius 2 is 1.77 bits per heavy atom. The van der Waals surface area contributed by atoms with Crippen LogP contribution in [-0.4, -0.2) is 46.1 Å². The molecular formula is C17H28N4O2S3. The van der Waals surface area contributed by atoms with Gasteiger partial charge in [0, 0.05) is 12.6 Å². The van der Waals surface area contributed by atoms with E-state index in [9.17, 15) is 9.59 Å². The molecule has 9 heteroatoms. The van der Waals surface area contributed by atoms with Crippen molar-refractivity contribution in [1.29, 1.82) is 0 Å². The van der Waals surface area contributed by atoms with Gasteiger partial charge >= 0.3 is 0 Å². The molecule has 1 aliphatic carbocycles. The number of nitrogens with one attached hydrogen (secondary N) is 2. The van der Waals surface area contributed by atoms with Crippen molar-refractivity contribution in [2.75, 3.05) is 18.1 Å². The Hall–Kier alpha value is -0.800. The van der Waals surface area contributed by atoms with Gasteiger partial charge in [0.15, 0.2) is 8.68 Å². The van der Waals surface area contributed by atoms with E-state index in [1.165, 1.54) is 47.7 Å². The number of nitrogens with zero attached hydrogens (tertiary/aromatic N) is 2. The van der Waals surface area contributed by atoms with E-state index in [1.807, 2.05) is 6.92 Å². The molecule has 2 rings (SSSR count). The lowest BCUT2D eigenvalue weighted by Gasteiger charge is -2.34. The van der Waals surface area contributed by atoms with Gasteiger partial charge < -0.3 is 10.6 Å². The van der Waals surface area contributed by atoms with Crippen LogP contribution in [0, 0.1) is 11.8 Å². The number of rotatable bonds is 9. The van der Waals surface area contributed by atoms with Crippen LogP contribution in [0.1, 0.15) is 46.5 Å². The van der Waals surface area contributed by atoms with Crippen molar-refractivity contribution in [1.82, 2.24) is 20.8 Å². The van der Waals surface area contributed by atoms with Gasteiger partial charge in [-0.1, -0.05) is 68.5 Å². The molecule has 1 saturated carbocycles. The minimum atomic E-state index is 0.0106. The summed E-state index contributed by atoms with van der Waals surface area (Å²) < 4.78 is 1.52. The summed E-state index contributed by atoms with van der Waals surface area (Å²) in [7, 11) is 0. The third-order valence-corrected chi connectivity index (χ3v) is 7.86. The smallest absolute Gasteiger partial charge is 0.230 e. The van der Waals surface area contributed by atoms with Crippen LogP contribution in [0.2, 0.25) is 0 Å². The summed E-state index contributed by atoms with van der Waals surface area (Å²) in [6, 6.07) is 0.286. The summed E-state index contributed by atoms with van der Waals surface area (Å²) in [6.45, 7) is 7.21. The van der Waals surface area contributed by atoms with E-state index in [2.05, 4.69) is 34.7 Å². The fourth-order valence-corrected chi connectivity index (χ4v) is 5.58. The Morgan fingerprint density at radius 3 is 2.42 bits per heavy atom. The second kappa shape index (κ2) is 11.1. The normalized spacial score (nSPS) is 22.8. The van der Waals surface area contributed by atoms with Crippen LogP contribution >= 0.6 is 34.9 Å². The Balaban J connectivity index is 1.70. The van der Waals surface area contributed by atoms with Gasteiger partial charge in [0.1, 0.15) is 0 Å². The molecule has 0 unspecified atom stereocenters. The number of amides is 2. The number of hydrogen-bond acceptors (Lipinski definition) is 7. The van der Waals surface area contributed by atoms with E-state index in [4.69, 9.17) is 0 Å². The van der Waals surface area contributed by atoms with Gasteiger partial charge in [0.05, 0.1) is 11.5 Å². The molecule has 0 radical (unpaired) electrons. The zero-order chi connectivity index (χ0) is 18.9. The maximum atomic E-state index is 12.2. The maximum Gasteiger partial charge on any atom is 0.230 e. The van der Waals surface area contributed by atoms with Gasteiger partial charge in [-0.3, -0.25) is 9.59 Å². The quantitative estimate of drug-likeness (QED) is 0.602. The topological polar surface area (TPSA) is 84.0 Å². The standard InChI is InChI=1S/C17H28N4O2S3/c1-4-8-18-14(22)9-24-16-20-21-17(26-16)25-10-15(23)19-13-7-5-6-11(2)12(13)3/h11-13H,4-10H2,1-3H3,(H,18,22)(H,19,23)/t11-,12+,13-/m1/s1. The van der Waals surface area contributed by atoms with Crippen LogP contribution in [0.5, 0.6) is 0 Å². The van der Waals surface area contributed by atoms with Crippen LogP contribution in [0.4, 0.5) is 0 Å². The van der Waals surface area contributed by atoms with Crippen LogP contribution < -0.4 is 10.6 Å². The summed E-state index contributed by atoms with van der Waals surface area (Å²) >= 11 is 4.22. The minimum Gasteiger partial charge on any atom is -0.355 e. The first-order valence-electron chi connectivity index (χ1n) is 9.14. The highest BCUT2D eigenvalue weighted by atomic mass is 32.2. The molecule has 1 aliphatic rings. The summed E-state index contributed by atoms with van der Waals surface area (Å²) in [4.78, 5) is 23.8. The number of carbonyl (C=O) groups excluding carboxylic acids is 2. The molecule has 2 N–H and O–H groups in total. The molecule has 1 fully saturated rings. The van der Waals surface area contributed by atoms with Crippen molar-refractivity contribution in [3.63, 3.8) is 0 Å². The van der Waals surface area contributed by atoms with Crippen LogP contribution in [0.3, 0.4) is 0 Å². The number of thioether (sulfide) groups is 2. The van der Waals surface area contributed by atoms with Crippen LogP contribution in [0.25, 0.3) is 0 Å². The van der Waals surface area contributed by atoms with Crippen molar-refractivity contribution in [3.05, 3.63) is 0 Å². The van der Waals surface area contributed by atoms with E-state index < -0.39 is 0 Å². The first-order valence-corrected chi connectivity index (χ1v) is 11.9. The molecule has 1 aromatic rings. The van der Waals surface area contributed by atoms with Crippen molar-refractivity contribution >= 4 is 46.7 Å². The Labute approximate surface area is 168 Å². The monoisotopic (exact) mass is 416 g/mol. The van der Waals surface area contributed by atoms with Gasteiger partial charge in [-0.25, -0.2) is 0 Å².